The number of benzene rings is 3. The number of aryl methyl sites for hydroxylation is 2. The molecule has 0 unspecified atom stereocenters. The molecular formula is C23H24ClN3O5S2. The zero-order valence-electron chi connectivity index (χ0n) is 18.7. The SMILES string of the molecule is Cc1cc(C)cc(N(CC(=O)Nc2ccc(S(=O)(=O)Nc3ccc(Cl)cc3)cc2)S(C)(=O)=O)c1. The summed E-state index contributed by atoms with van der Waals surface area (Å²) in [5, 5.41) is 3.08. The lowest BCUT2D eigenvalue weighted by atomic mass is 10.1. The Morgan fingerprint density at radius 3 is 1.91 bits per heavy atom. The number of carbonyl (C=O) groups is 1. The van der Waals surface area contributed by atoms with Crippen molar-refractivity contribution in [3.8, 4) is 0 Å². The van der Waals surface area contributed by atoms with Crippen LogP contribution in [0.25, 0.3) is 0 Å². The van der Waals surface area contributed by atoms with Gasteiger partial charge in [-0.3, -0.25) is 13.8 Å². The van der Waals surface area contributed by atoms with E-state index in [-0.39, 0.29) is 4.90 Å². The minimum absolute atomic E-state index is 0.00607. The molecule has 0 atom stereocenters. The number of halogens is 1. The first-order valence-corrected chi connectivity index (χ1v) is 13.8. The molecule has 0 radical (unpaired) electrons. The molecule has 0 bridgehead atoms. The molecule has 0 aromatic heterocycles. The molecule has 11 heteroatoms. The Morgan fingerprint density at radius 1 is 0.853 bits per heavy atom. The molecule has 1 amide bonds. The van der Waals surface area contributed by atoms with E-state index in [0.717, 1.165) is 21.7 Å². The summed E-state index contributed by atoms with van der Waals surface area (Å²) < 4.78 is 53.3. The Bertz CT molecular complexity index is 1390. The number of hydrogen-bond acceptors (Lipinski definition) is 5. The fourth-order valence-electron chi connectivity index (χ4n) is 3.28. The third-order valence-corrected chi connectivity index (χ3v) is 7.52. The molecule has 3 rings (SSSR count). The normalized spacial score (nSPS) is 11.6. The highest BCUT2D eigenvalue weighted by Crippen LogP contribution is 2.22. The van der Waals surface area contributed by atoms with E-state index >= 15 is 0 Å². The Morgan fingerprint density at radius 2 is 1.38 bits per heavy atom. The number of hydrogen-bond donors (Lipinski definition) is 2. The predicted molar refractivity (Wildman–Crippen MR) is 135 cm³/mol. The summed E-state index contributed by atoms with van der Waals surface area (Å²) >= 11 is 5.82. The topological polar surface area (TPSA) is 113 Å². The van der Waals surface area contributed by atoms with Gasteiger partial charge in [-0.2, -0.15) is 0 Å². The third kappa shape index (κ3) is 6.72. The van der Waals surface area contributed by atoms with Gasteiger partial charge < -0.3 is 5.32 Å². The van der Waals surface area contributed by atoms with Crippen LogP contribution in [0, 0.1) is 13.8 Å². The van der Waals surface area contributed by atoms with Gasteiger partial charge in [0.2, 0.25) is 15.9 Å². The van der Waals surface area contributed by atoms with Crippen molar-refractivity contribution in [1.29, 1.82) is 0 Å². The summed E-state index contributed by atoms with van der Waals surface area (Å²) in [4.78, 5) is 12.6. The Hall–Kier alpha value is -3.08. The molecule has 0 saturated heterocycles. The van der Waals surface area contributed by atoms with E-state index in [2.05, 4.69) is 10.0 Å². The molecule has 0 spiro atoms. The van der Waals surface area contributed by atoms with Gasteiger partial charge in [-0.25, -0.2) is 16.8 Å². The van der Waals surface area contributed by atoms with Gasteiger partial charge in [0.15, 0.2) is 0 Å². The quantitative estimate of drug-likeness (QED) is 0.462. The maximum absolute atomic E-state index is 12.6. The lowest BCUT2D eigenvalue weighted by Crippen LogP contribution is -2.37. The van der Waals surface area contributed by atoms with Crippen LogP contribution >= 0.6 is 11.6 Å². The van der Waals surface area contributed by atoms with Crippen molar-refractivity contribution in [3.05, 3.63) is 82.9 Å². The van der Waals surface area contributed by atoms with Crippen LogP contribution in [0.5, 0.6) is 0 Å². The molecule has 0 aliphatic rings. The minimum atomic E-state index is -3.85. The van der Waals surface area contributed by atoms with E-state index in [1.807, 2.05) is 19.9 Å². The van der Waals surface area contributed by atoms with Crippen molar-refractivity contribution in [2.24, 2.45) is 0 Å². The van der Waals surface area contributed by atoms with E-state index in [9.17, 15) is 21.6 Å². The number of amides is 1. The molecule has 0 heterocycles. The van der Waals surface area contributed by atoms with Crippen LogP contribution < -0.4 is 14.3 Å². The second kappa shape index (κ2) is 10.0. The summed E-state index contributed by atoms with van der Waals surface area (Å²) in [5.41, 5.74) is 2.81. The van der Waals surface area contributed by atoms with E-state index in [1.165, 1.54) is 36.4 Å². The number of carbonyl (C=O) groups excluding carboxylic acids is 1. The summed E-state index contributed by atoms with van der Waals surface area (Å²) in [6, 6.07) is 17.0. The molecule has 2 N–H and O–H groups in total. The van der Waals surface area contributed by atoms with Crippen LogP contribution in [0.15, 0.2) is 71.6 Å². The van der Waals surface area contributed by atoms with Crippen LogP contribution in [0.3, 0.4) is 0 Å². The number of nitrogens with one attached hydrogen (secondary N) is 2. The molecular weight excluding hydrogens is 498 g/mol. The summed E-state index contributed by atoms with van der Waals surface area (Å²) in [7, 11) is -7.57. The highest BCUT2D eigenvalue weighted by molar-refractivity contribution is 7.92. The molecule has 0 fully saturated rings. The molecule has 3 aromatic carbocycles. The fourth-order valence-corrected chi connectivity index (χ4v) is 5.30. The van der Waals surface area contributed by atoms with Gasteiger partial charge >= 0.3 is 0 Å². The molecule has 180 valence electrons. The van der Waals surface area contributed by atoms with Gasteiger partial charge in [-0.15, -0.1) is 0 Å². The number of anilines is 3. The second-order valence-electron chi connectivity index (χ2n) is 7.80. The van der Waals surface area contributed by atoms with Gasteiger partial charge in [0.05, 0.1) is 16.8 Å². The van der Waals surface area contributed by atoms with Crippen molar-refractivity contribution in [3.63, 3.8) is 0 Å². The molecule has 3 aromatic rings. The molecule has 34 heavy (non-hydrogen) atoms. The van der Waals surface area contributed by atoms with Crippen molar-refractivity contribution in [2.45, 2.75) is 18.7 Å². The smallest absolute Gasteiger partial charge is 0.261 e. The summed E-state index contributed by atoms with van der Waals surface area (Å²) in [6.07, 6.45) is 1.03. The van der Waals surface area contributed by atoms with Crippen molar-refractivity contribution < 1.29 is 21.6 Å². The van der Waals surface area contributed by atoms with E-state index < -0.39 is 32.5 Å². The fraction of sp³-hybridized carbons (Fsp3) is 0.174. The third-order valence-electron chi connectivity index (χ3n) is 4.73. The van der Waals surface area contributed by atoms with Gasteiger partial charge in [0.25, 0.3) is 10.0 Å². The molecule has 0 aliphatic carbocycles. The Balaban J connectivity index is 1.72. The van der Waals surface area contributed by atoms with Crippen LogP contribution in [-0.4, -0.2) is 35.5 Å². The Kier molecular flexibility index (Phi) is 7.54. The standard InChI is InChI=1S/C23H24ClN3O5S2/c1-16-12-17(2)14-21(13-16)27(33(3,29)30)15-23(28)25-19-8-10-22(11-9-19)34(31,32)26-20-6-4-18(24)5-7-20/h4-14,26H,15H2,1-3H3,(H,25,28). The highest BCUT2D eigenvalue weighted by atomic mass is 35.5. The largest absolute Gasteiger partial charge is 0.325 e. The van der Waals surface area contributed by atoms with Crippen LogP contribution in [-0.2, 0) is 24.8 Å². The average molecular weight is 522 g/mol. The summed E-state index contributed by atoms with van der Waals surface area (Å²) in [6.45, 7) is 3.25. The first-order valence-electron chi connectivity index (χ1n) is 10.1. The maximum atomic E-state index is 12.6. The number of sulfonamides is 2. The van der Waals surface area contributed by atoms with Crippen molar-refractivity contribution >= 4 is 54.6 Å². The van der Waals surface area contributed by atoms with E-state index in [0.29, 0.717) is 22.1 Å². The zero-order valence-corrected chi connectivity index (χ0v) is 21.1. The lowest BCUT2D eigenvalue weighted by Gasteiger charge is -2.23. The predicted octanol–water partition coefficient (Wildman–Crippen LogP) is 4.16. The van der Waals surface area contributed by atoms with Crippen molar-refractivity contribution in [1.82, 2.24) is 0 Å². The summed E-state index contributed by atoms with van der Waals surface area (Å²) in [5.74, 6) is -0.570. The second-order valence-corrected chi connectivity index (χ2v) is 11.8. The average Bonchev–Trinajstić information content (AvgIpc) is 2.72. The Labute approximate surface area is 204 Å². The van der Waals surface area contributed by atoms with Gasteiger partial charge in [0, 0.05) is 16.4 Å². The van der Waals surface area contributed by atoms with E-state index in [1.54, 1.807) is 24.3 Å². The van der Waals surface area contributed by atoms with Crippen LogP contribution in [0.1, 0.15) is 11.1 Å². The minimum Gasteiger partial charge on any atom is -0.325 e. The lowest BCUT2D eigenvalue weighted by molar-refractivity contribution is -0.114. The van der Waals surface area contributed by atoms with Crippen LogP contribution in [0.2, 0.25) is 5.02 Å². The maximum Gasteiger partial charge on any atom is 0.261 e. The van der Waals surface area contributed by atoms with Crippen LogP contribution in [0.4, 0.5) is 17.1 Å². The number of nitrogens with zero attached hydrogens (tertiary/aromatic N) is 1. The first kappa shape index (κ1) is 25.5. The molecule has 0 aliphatic heterocycles. The molecule has 0 saturated carbocycles. The number of rotatable bonds is 8. The molecule has 8 nitrogen and oxygen atoms in total. The zero-order chi connectivity index (χ0) is 25.1. The van der Waals surface area contributed by atoms with Gasteiger partial charge in [-0.05, 0) is 85.6 Å². The van der Waals surface area contributed by atoms with E-state index in [4.69, 9.17) is 11.6 Å². The van der Waals surface area contributed by atoms with Gasteiger partial charge in [0.1, 0.15) is 6.54 Å². The van der Waals surface area contributed by atoms with Crippen molar-refractivity contribution in [2.75, 3.05) is 27.1 Å². The first-order chi connectivity index (χ1) is 15.8. The van der Waals surface area contributed by atoms with Gasteiger partial charge in [-0.1, -0.05) is 17.7 Å². The highest BCUT2D eigenvalue weighted by Gasteiger charge is 2.22. The monoisotopic (exact) mass is 521 g/mol.